The van der Waals surface area contributed by atoms with Gasteiger partial charge in [-0.25, -0.2) is 0 Å². The molecule has 0 bridgehead atoms. The Hall–Kier alpha value is -2.48. The second kappa shape index (κ2) is 9.52. The number of non-ortho nitro benzene ring substituents is 1. The summed E-state index contributed by atoms with van der Waals surface area (Å²) in [6.07, 6.45) is 0.655. The fourth-order valence-corrected chi connectivity index (χ4v) is 1.98. The number of carbonyl (C=O) groups is 2. The quantitative estimate of drug-likeness (QED) is 0.296. The van der Waals surface area contributed by atoms with Gasteiger partial charge in [-0.3, -0.25) is 19.7 Å². The fourth-order valence-electron chi connectivity index (χ4n) is 1.98. The normalized spacial score (nSPS) is 10.2. The van der Waals surface area contributed by atoms with E-state index in [4.69, 9.17) is 4.74 Å². The van der Waals surface area contributed by atoms with Crippen molar-refractivity contribution >= 4 is 17.6 Å². The molecule has 8 nitrogen and oxygen atoms in total. The molecule has 0 saturated heterocycles. The van der Waals surface area contributed by atoms with E-state index < -0.39 is 10.9 Å². The van der Waals surface area contributed by atoms with Crippen molar-refractivity contribution in [1.82, 2.24) is 4.90 Å². The van der Waals surface area contributed by atoms with Crippen molar-refractivity contribution < 1.29 is 24.0 Å². The van der Waals surface area contributed by atoms with Crippen LogP contribution in [0.15, 0.2) is 24.3 Å². The molecule has 0 atom stereocenters. The number of carbonyl (C=O) groups excluding carboxylic acids is 2. The Morgan fingerprint density at radius 3 is 2.61 bits per heavy atom. The largest absolute Gasteiger partial charge is 0.469 e. The van der Waals surface area contributed by atoms with Crippen LogP contribution < -0.4 is 0 Å². The van der Waals surface area contributed by atoms with Gasteiger partial charge in [-0.15, -0.1) is 0 Å². The summed E-state index contributed by atoms with van der Waals surface area (Å²) >= 11 is 0. The van der Waals surface area contributed by atoms with Gasteiger partial charge in [0.2, 0.25) is 0 Å². The maximum absolute atomic E-state index is 12.5. The number of hydrogen-bond donors (Lipinski definition) is 0. The number of ether oxygens (including phenoxy) is 2. The lowest BCUT2D eigenvalue weighted by molar-refractivity contribution is -0.384. The number of amides is 1. The smallest absolute Gasteiger partial charge is 0.307 e. The van der Waals surface area contributed by atoms with Gasteiger partial charge in [-0.2, -0.15) is 0 Å². The van der Waals surface area contributed by atoms with Crippen LogP contribution >= 0.6 is 0 Å². The maximum atomic E-state index is 12.5. The van der Waals surface area contributed by atoms with Crippen LogP contribution in [0.3, 0.4) is 0 Å². The van der Waals surface area contributed by atoms with E-state index >= 15 is 0 Å². The molecule has 0 aliphatic rings. The van der Waals surface area contributed by atoms with Crippen LogP contribution in [-0.2, 0) is 14.3 Å². The van der Waals surface area contributed by atoms with Gasteiger partial charge in [0.15, 0.2) is 0 Å². The summed E-state index contributed by atoms with van der Waals surface area (Å²) in [6, 6.07) is 5.51. The van der Waals surface area contributed by atoms with Gasteiger partial charge in [0, 0.05) is 44.5 Å². The Labute approximate surface area is 134 Å². The zero-order valence-electron chi connectivity index (χ0n) is 13.2. The molecule has 1 rings (SSSR count). The van der Waals surface area contributed by atoms with Crippen LogP contribution in [-0.4, -0.2) is 55.6 Å². The summed E-state index contributed by atoms with van der Waals surface area (Å²) in [6.45, 7) is 1.03. The number of rotatable bonds is 9. The highest BCUT2D eigenvalue weighted by Crippen LogP contribution is 2.15. The number of nitrogens with zero attached hydrogens (tertiary/aromatic N) is 2. The van der Waals surface area contributed by atoms with Crippen LogP contribution in [0.2, 0.25) is 0 Å². The molecule has 0 aliphatic carbocycles. The number of nitro benzene ring substituents is 1. The second-order valence-corrected chi connectivity index (χ2v) is 4.77. The van der Waals surface area contributed by atoms with E-state index in [1.54, 1.807) is 7.11 Å². The number of nitro groups is 1. The molecule has 0 aromatic heterocycles. The van der Waals surface area contributed by atoms with Crippen molar-refractivity contribution in [3.8, 4) is 0 Å². The molecule has 0 heterocycles. The van der Waals surface area contributed by atoms with Gasteiger partial charge < -0.3 is 14.4 Å². The topological polar surface area (TPSA) is 99.0 Å². The Balaban J connectivity index is 2.85. The lowest BCUT2D eigenvalue weighted by Gasteiger charge is -2.22. The summed E-state index contributed by atoms with van der Waals surface area (Å²) in [4.78, 5) is 35.5. The van der Waals surface area contributed by atoms with Gasteiger partial charge in [0.25, 0.3) is 11.6 Å². The van der Waals surface area contributed by atoms with Gasteiger partial charge in [0.05, 0.1) is 18.5 Å². The SMILES string of the molecule is COCCCN(CCC(=O)OC)C(=O)c1cccc([N+](=O)[O-])c1. The van der Waals surface area contributed by atoms with Gasteiger partial charge >= 0.3 is 5.97 Å². The summed E-state index contributed by atoms with van der Waals surface area (Å²) in [5.41, 5.74) is 0.0575. The minimum atomic E-state index is -0.555. The third-order valence-electron chi connectivity index (χ3n) is 3.18. The Kier molecular flexibility index (Phi) is 7.69. The Bertz CT molecular complexity index is 561. The molecule has 8 heteroatoms. The minimum Gasteiger partial charge on any atom is -0.469 e. The molecular formula is C15H20N2O6. The minimum absolute atomic E-state index is 0.0597. The highest BCUT2D eigenvalue weighted by Gasteiger charge is 2.19. The van der Waals surface area contributed by atoms with Crippen molar-refractivity contribution in [3.63, 3.8) is 0 Å². The fraction of sp³-hybridized carbons (Fsp3) is 0.467. The predicted octanol–water partition coefficient (Wildman–Crippen LogP) is 1.64. The molecule has 0 unspecified atom stereocenters. The zero-order valence-corrected chi connectivity index (χ0v) is 13.2. The van der Waals surface area contributed by atoms with Crippen molar-refractivity contribution in [3.05, 3.63) is 39.9 Å². The van der Waals surface area contributed by atoms with Crippen LogP contribution in [0.25, 0.3) is 0 Å². The molecule has 0 saturated carbocycles. The lowest BCUT2D eigenvalue weighted by Crippen LogP contribution is -2.34. The lowest BCUT2D eigenvalue weighted by atomic mass is 10.1. The molecule has 1 amide bonds. The van der Waals surface area contributed by atoms with Crippen LogP contribution in [0, 0.1) is 10.1 Å². The first-order valence-corrected chi connectivity index (χ1v) is 7.09. The Morgan fingerprint density at radius 1 is 1.26 bits per heavy atom. The third-order valence-corrected chi connectivity index (χ3v) is 3.18. The summed E-state index contributed by atoms with van der Waals surface area (Å²) in [5, 5.41) is 10.8. The van der Waals surface area contributed by atoms with Crippen LogP contribution in [0.5, 0.6) is 0 Å². The summed E-state index contributed by atoms with van der Waals surface area (Å²) in [5.74, 6) is -0.790. The number of esters is 1. The molecule has 0 spiro atoms. The number of hydrogen-bond acceptors (Lipinski definition) is 6. The van der Waals surface area contributed by atoms with Crippen molar-refractivity contribution in [2.75, 3.05) is 33.9 Å². The number of benzene rings is 1. The standard InChI is InChI=1S/C15H20N2O6/c1-22-10-4-8-16(9-7-14(18)23-2)15(19)12-5-3-6-13(11-12)17(20)21/h3,5-6,11H,4,7-10H2,1-2H3. The molecule has 1 aromatic rings. The first kappa shape index (κ1) is 18.6. The van der Waals surface area contributed by atoms with Gasteiger partial charge in [0.1, 0.15) is 0 Å². The van der Waals surface area contributed by atoms with E-state index in [0.717, 1.165) is 0 Å². The summed E-state index contributed by atoms with van der Waals surface area (Å²) in [7, 11) is 2.83. The van der Waals surface area contributed by atoms with E-state index in [1.807, 2.05) is 0 Å². The van der Waals surface area contributed by atoms with E-state index in [-0.39, 0.29) is 30.1 Å². The van der Waals surface area contributed by atoms with Crippen LogP contribution in [0.4, 0.5) is 5.69 Å². The first-order valence-electron chi connectivity index (χ1n) is 7.09. The molecule has 0 radical (unpaired) electrons. The average molecular weight is 324 g/mol. The molecule has 0 aliphatic heterocycles. The highest BCUT2D eigenvalue weighted by molar-refractivity contribution is 5.95. The Morgan fingerprint density at radius 2 is 2.00 bits per heavy atom. The molecule has 1 aromatic carbocycles. The van der Waals surface area contributed by atoms with Crippen molar-refractivity contribution in [2.45, 2.75) is 12.8 Å². The van der Waals surface area contributed by atoms with Crippen molar-refractivity contribution in [2.24, 2.45) is 0 Å². The van der Waals surface area contributed by atoms with E-state index in [0.29, 0.717) is 19.6 Å². The van der Waals surface area contributed by atoms with Crippen molar-refractivity contribution in [1.29, 1.82) is 0 Å². The maximum Gasteiger partial charge on any atom is 0.307 e. The monoisotopic (exact) mass is 324 g/mol. The van der Waals surface area contributed by atoms with E-state index in [2.05, 4.69) is 4.74 Å². The van der Waals surface area contributed by atoms with Gasteiger partial charge in [-0.1, -0.05) is 6.07 Å². The van der Waals surface area contributed by atoms with E-state index in [9.17, 15) is 19.7 Å². The third kappa shape index (κ3) is 6.03. The molecular weight excluding hydrogens is 304 g/mol. The predicted molar refractivity (Wildman–Crippen MR) is 82.1 cm³/mol. The summed E-state index contributed by atoms with van der Waals surface area (Å²) < 4.78 is 9.53. The average Bonchev–Trinajstić information content (AvgIpc) is 2.57. The zero-order chi connectivity index (χ0) is 17.2. The molecule has 0 N–H and O–H groups in total. The number of methoxy groups -OCH3 is 2. The van der Waals surface area contributed by atoms with Gasteiger partial charge in [-0.05, 0) is 12.5 Å². The second-order valence-electron chi connectivity index (χ2n) is 4.77. The highest BCUT2D eigenvalue weighted by atomic mass is 16.6. The molecule has 23 heavy (non-hydrogen) atoms. The van der Waals surface area contributed by atoms with Crippen LogP contribution in [0.1, 0.15) is 23.2 Å². The first-order chi connectivity index (χ1) is 11.0. The molecule has 0 fully saturated rings. The molecule has 126 valence electrons. The van der Waals surface area contributed by atoms with E-state index in [1.165, 1.54) is 36.3 Å².